The molecule has 0 unspecified atom stereocenters. The molecule has 0 atom stereocenters. The van der Waals surface area contributed by atoms with Gasteiger partial charge in [-0.15, -0.1) is 0 Å². The van der Waals surface area contributed by atoms with Crippen LogP contribution in [0.3, 0.4) is 0 Å². The van der Waals surface area contributed by atoms with E-state index in [1.807, 2.05) is 37.3 Å². The lowest BCUT2D eigenvalue weighted by molar-refractivity contribution is -0.135. The second-order valence-corrected chi connectivity index (χ2v) is 9.90. The molecule has 0 saturated carbocycles. The molecule has 38 heavy (non-hydrogen) atoms. The van der Waals surface area contributed by atoms with Gasteiger partial charge in [0.05, 0.1) is 17.1 Å². The summed E-state index contributed by atoms with van der Waals surface area (Å²) >= 11 is 0.795. The van der Waals surface area contributed by atoms with Crippen molar-refractivity contribution in [1.82, 2.24) is 9.80 Å². The summed E-state index contributed by atoms with van der Waals surface area (Å²) in [6, 6.07) is 17.9. The minimum absolute atomic E-state index is 0.215. The molecule has 0 bridgehead atoms. The molecule has 0 spiro atoms. The van der Waals surface area contributed by atoms with E-state index in [9.17, 15) is 19.2 Å². The van der Waals surface area contributed by atoms with Gasteiger partial charge in [0.15, 0.2) is 11.5 Å². The zero-order valence-electron chi connectivity index (χ0n) is 20.8. The van der Waals surface area contributed by atoms with Gasteiger partial charge < -0.3 is 14.4 Å². The van der Waals surface area contributed by atoms with Crippen LogP contribution in [0.15, 0.2) is 65.6 Å². The molecule has 8 nitrogen and oxygen atoms in total. The number of ether oxygens (including phenoxy) is 2. The van der Waals surface area contributed by atoms with Gasteiger partial charge in [-0.05, 0) is 72.1 Å². The molecule has 194 valence electrons. The largest absolute Gasteiger partial charge is 0.490 e. The summed E-state index contributed by atoms with van der Waals surface area (Å²) in [5.41, 5.74) is 1.03. The lowest BCUT2D eigenvalue weighted by Gasteiger charge is -2.18. The molecule has 3 aromatic rings. The predicted octanol–water partition coefficient (Wildman–Crippen LogP) is 5.12. The van der Waals surface area contributed by atoms with Crippen molar-refractivity contribution in [2.75, 3.05) is 26.2 Å². The number of rotatable bonds is 7. The zero-order chi connectivity index (χ0) is 26.6. The number of carbonyl (C=O) groups is 4. The van der Waals surface area contributed by atoms with Gasteiger partial charge in [-0.25, -0.2) is 4.79 Å². The Kier molecular flexibility index (Phi) is 7.46. The van der Waals surface area contributed by atoms with E-state index >= 15 is 0 Å². The van der Waals surface area contributed by atoms with Crippen molar-refractivity contribution in [3.05, 3.63) is 76.7 Å². The molecular formula is C29H26N2O6S. The van der Waals surface area contributed by atoms with Gasteiger partial charge in [0.1, 0.15) is 6.54 Å². The summed E-state index contributed by atoms with van der Waals surface area (Å²) < 4.78 is 11.4. The molecule has 9 heteroatoms. The highest BCUT2D eigenvalue weighted by molar-refractivity contribution is 8.18. The summed E-state index contributed by atoms with van der Waals surface area (Å²) in [4.78, 5) is 53.8. The van der Waals surface area contributed by atoms with Crippen LogP contribution in [0.5, 0.6) is 11.5 Å². The number of thioether (sulfide) groups is 1. The Morgan fingerprint density at radius 3 is 2.53 bits per heavy atom. The normalized spacial score (nSPS) is 16.5. The first-order valence-corrected chi connectivity index (χ1v) is 13.3. The maximum absolute atomic E-state index is 13.0. The van der Waals surface area contributed by atoms with Crippen LogP contribution in [0.25, 0.3) is 16.8 Å². The number of amides is 3. The third kappa shape index (κ3) is 5.28. The molecule has 0 N–H and O–H groups in total. The molecule has 2 aliphatic heterocycles. The Labute approximate surface area is 224 Å². The highest BCUT2D eigenvalue weighted by atomic mass is 32.2. The molecule has 2 fully saturated rings. The van der Waals surface area contributed by atoms with Crippen LogP contribution in [-0.2, 0) is 9.59 Å². The van der Waals surface area contributed by atoms with Crippen molar-refractivity contribution in [1.29, 1.82) is 0 Å². The van der Waals surface area contributed by atoms with Gasteiger partial charge in [-0.3, -0.25) is 19.3 Å². The minimum Gasteiger partial charge on any atom is -0.490 e. The Morgan fingerprint density at radius 2 is 1.74 bits per heavy atom. The number of benzene rings is 3. The number of fused-ring (bicyclic) bond motifs is 1. The van der Waals surface area contributed by atoms with E-state index in [-0.39, 0.29) is 23.1 Å². The van der Waals surface area contributed by atoms with Crippen LogP contribution in [0.1, 0.15) is 35.7 Å². The quantitative estimate of drug-likeness (QED) is 0.238. The molecule has 0 aliphatic carbocycles. The molecule has 2 aliphatic rings. The second-order valence-electron chi connectivity index (χ2n) is 8.91. The molecule has 2 heterocycles. The summed E-state index contributed by atoms with van der Waals surface area (Å²) in [5, 5.41) is 1.24. The van der Waals surface area contributed by atoms with Crippen molar-refractivity contribution in [2.45, 2.75) is 19.8 Å². The number of imide groups is 1. The second kappa shape index (κ2) is 11.1. The number of carbonyl (C=O) groups excluding carboxylic acids is 4. The van der Waals surface area contributed by atoms with Crippen molar-refractivity contribution in [3.63, 3.8) is 0 Å². The van der Waals surface area contributed by atoms with Crippen molar-refractivity contribution >= 4 is 51.6 Å². The van der Waals surface area contributed by atoms with Gasteiger partial charge in [0.25, 0.3) is 11.1 Å². The number of hydrogen-bond acceptors (Lipinski definition) is 7. The molecule has 5 rings (SSSR count). The highest BCUT2D eigenvalue weighted by Gasteiger charge is 2.37. The van der Waals surface area contributed by atoms with E-state index < -0.39 is 17.1 Å². The van der Waals surface area contributed by atoms with E-state index in [1.54, 1.807) is 41.3 Å². The highest BCUT2D eigenvalue weighted by Crippen LogP contribution is 2.35. The van der Waals surface area contributed by atoms with E-state index in [4.69, 9.17) is 9.47 Å². The summed E-state index contributed by atoms with van der Waals surface area (Å²) in [6.45, 7) is 3.20. The number of likely N-dealkylation sites (tertiary alicyclic amines) is 1. The van der Waals surface area contributed by atoms with E-state index in [0.717, 1.165) is 40.3 Å². The summed E-state index contributed by atoms with van der Waals surface area (Å²) in [6.07, 6.45) is 3.44. The first-order chi connectivity index (χ1) is 18.4. The minimum atomic E-state index is -0.515. The standard InChI is InChI=1S/C29H26N2O6S/c1-2-36-24-16-19(17-25-27(33)31(29(35)38-25)18-26(32)30-14-5-6-15-30)12-13-23(24)37-28(34)22-11-7-9-20-8-3-4-10-21(20)22/h3-4,7-13,16-17H,2,5-6,14-15,18H2,1H3/b25-17-. The van der Waals surface area contributed by atoms with Crippen molar-refractivity contribution in [2.24, 2.45) is 0 Å². The number of esters is 1. The molecule has 0 radical (unpaired) electrons. The molecule has 0 aromatic heterocycles. The van der Waals surface area contributed by atoms with E-state index in [1.165, 1.54) is 0 Å². The third-order valence-electron chi connectivity index (χ3n) is 6.40. The average molecular weight is 531 g/mol. The monoisotopic (exact) mass is 530 g/mol. The summed E-state index contributed by atoms with van der Waals surface area (Å²) in [5.74, 6) is -0.664. The van der Waals surface area contributed by atoms with Gasteiger partial charge in [-0.1, -0.05) is 42.5 Å². The maximum atomic E-state index is 13.0. The Bertz CT molecular complexity index is 1460. The maximum Gasteiger partial charge on any atom is 0.344 e. The smallest absolute Gasteiger partial charge is 0.344 e. The fourth-order valence-electron chi connectivity index (χ4n) is 4.51. The average Bonchev–Trinajstić information content (AvgIpc) is 3.55. The van der Waals surface area contributed by atoms with Crippen LogP contribution in [0, 0.1) is 0 Å². The number of nitrogens with zero attached hydrogens (tertiary/aromatic N) is 2. The predicted molar refractivity (Wildman–Crippen MR) is 145 cm³/mol. The zero-order valence-corrected chi connectivity index (χ0v) is 21.7. The van der Waals surface area contributed by atoms with Crippen molar-refractivity contribution < 1.29 is 28.7 Å². The topological polar surface area (TPSA) is 93.2 Å². The van der Waals surface area contributed by atoms with Crippen molar-refractivity contribution in [3.8, 4) is 11.5 Å². The number of hydrogen-bond donors (Lipinski definition) is 0. The first kappa shape index (κ1) is 25.5. The third-order valence-corrected chi connectivity index (χ3v) is 7.31. The Morgan fingerprint density at radius 1 is 0.974 bits per heavy atom. The fraction of sp³-hybridized carbons (Fsp3) is 0.241. The first-order valence-electron chi connectivity index (χ1n) is 12.4. The van der Waals surface area contributed by atoms with Crippen LogP contribution in [0.4, 0.5) is 4.79 Å². The molecule has 3 amide bonds. The van der Waals surface area contributed by atoms with Crippen LogP contribution < -0.4 is 9.47 Å². The van der Waals surface area contributed by atoms with Crippen LogP contribution in [0.2, 0.25) is 0 Å². The molecular weight excluding hydrogens is 504 g/mol. The van der Waals surface area contributed by atoms with Crippen LogP contribution >= 0.6 is 11.8 Å². The van der Waals surface area contributed by atoms with E-state index in [2.05, 4.69) is 0 Å². The van der Waals surface area contributed by atoms with Gasteiger partial charge in [0, 0.05) is 13.1 Å². The van der Waals surface area contributed by atoms with Gasteiger partial charge in [0.2, 0.25) is 5.91 Å². The lowest BCUT2D eigenvalue weighted by Crippen LogP contribution is -2.40. The lowest BCUT2D eigenvalue weighted by atomic mass is 10.0. The van der Waals surface area contributed by atoms with Gasteiger partial charge >= 0.3 is 5.97 Å². The summed E-state index contributed by atoms with van der Waals surface area (Å²) in [7, 11) is 0. The van der Waals surface area contributed by atoms with Crippen LogP contribution in [-0.4, -0.2) is 59.1 Å². The SMILES string of the molecule is CCOc1cc(/C=C2\SC(=O)N(CC(=O)N3CCCC3)C2=O)ccc1OC(=O)c1cccc2ccccc12. The molecule has 2 saturated heterocycles. The Balaban J connectivity index is 1.34. The molecule has 3 aromatic carbocycles. The van der Waals surface area contributed by atoms with E-state index in [0.29, 0.717) is 36.6 Å². The van der Waals surface area contributed by atoms with Gasteiger partial charge in [-0.2, -0.15) is 0 Å². The Hall–Kier alpha value is -4.11. The fourth-order valence-corrected chi connectivity index (χ4v) is 5.35.